The zero-order valence-electron chi connectivity index (χ0n) is 18.6. The molecule has 2 unspecified atom stereocenters. The Hall–Kier alpha value is -0.550. The van der Waals surface area contributed by atoms with E-state index in [-0.39, 0.29) is 37.4 Å². The second-order valence-electron chi connectivity index (χ2n) is 8.44. The van der Waals surface area contributed by atoms with E-state index < -0.39 is 12.1 Å². The normalized spacial score (nSPS) is 22.2. The third kappa shape index (κ3) is 6.76. The van der Waals surface area contributed by atoms with E-state index >= 15 is 0 Å². The van der Waals surface area contributed by atoms with Gasteiger partial charge in [0.1, 0.15) is 5.75 Å². The molecule has 0 saturated heterocycles. The van der Waals surface area contributed by atoms with Gasteiger partial charge in [-0.25, -0.2) is 0 Å². The van der Waals surface area contributed by atoms with Crippen molar-refractivity contribution in [2.45, 2.75) is 77.2 Å². The Labute approximate surface area is 193 Å². The molecule has 1 aromatic rings. The summed E-state index contributed by atoms with van der Waals surface area (Å²) in [7, 11) is 0. The smallest absolute Gasteiger partial charge is 1.00 e. The zero-order chi connectivity index (χ0) is 19.1. The van der Waals surface area contributed by atoms with Crippen molar-refractivity contribution < 1.29 is 50.4 Å². The average Bonchev–Trinajstić information content (AvgIpc) is 2.67. The van der Waals surface area contributed by atoms with Crippen molar-refractivity contribution in [3.8, 4) is 5.75 Å². The minimum absolute atomic E-state index is 0. The SMILES string of the molecule is CCOC(CC(=O)O)c1ccc(OCC2CCCC3(CCCCC3)C2)cc1.[H-].[Na+]. The predicted octanol–water partition coefficient (Wildman–Crippen LogP) is 2.87. The number of hydrogen-bond donors (Lipinski definition) is 1. The van der Waals surface area contributed by atoms with Gasteiger partial charge in [0.05, 0.1) is 19.1 Å². The molecule has 2 atom stereocenters. The van der Waals surface area contributed by atoms with Crippen LogP contribution in [0.2, 0.25) is 0 Å². The number of ether oxygens (including phenoxy) is 2. The first-order valence-electron chi connectivity index (χ1n) is 10.7. The van der Waals surface area contributed by atoms with E-state index in [1.165, 1.54) is 57.8 Å². The molecule has 0 aromatic heterocycles. The molecule has 4 nitrogen and oxygen atoms in total. The van der Waals surface area contributed by atoms with Crippen molar-refractivity contribution >= 4 is 5.97 Å². The van der Waals surface area contributed by atoms with E-state index in [2.05, 4.69) is 0 Å². The maximum absolute atomic E-state index is 11.0. The van der Waals surface area contributed by atoms with Crippen molar-refractivity contribution in [2.75, 3.05) is 13.2 Å². The van der Waals surface area contributed by atoms with Gasteiger partial charge in [-0.1, -0.05) is 37.8 Å². The van der Waals surface area contributed by atoms with Crippen LogP contribution in [-0.2, 0) is 9.53 Å². The van der Waals surface area contributed by atoms with Crippen LogP contribution in [0.1, 0.15) is 84.2 Å². The number of hydrogen-bond acceptors (Lipinski definition) is 3. The number of carboxylic acid groups (broad SMARTS) is 1. The fourth-order valence-corrected chi connectivity index (χ4v) is 5.11. The van der Waals surface area contributed by atoms with Gasteiger partial charge in [-0.2, -0.15) is 0 Å². The van der Waals surface area contributed by atoms with Crippen LogP contribution in [0, 0.1) is 11.3 Å². The topological polar surface area (TPSA) is 55.8 Å². The van der Waals surface area contributed by atoms with Crippen LogP contribution < -0.4 is 34.3 Å². The summed E-state index contributed by atoms with van der Waals surface area (Å²) in [5.41, 5.74) is 1.50. The number of carbonyl (C=O) groups is 1. The van der Waals surface area contributed by atoms with Crippen LogP contribution >= 0.6 is 0 Å². The second kappa shape index (κ2) is 11.6. The Kier molecular flexibility index (Phi) is 9.82. The number of rotatable bonds is 8. The molecule has 1 spiro atoms. The Bertz CT molecular complexity index is 596. The van der Waals surface area contributed by atoms with E-state index in [0.717, 1.165) is 17.9 Å². The summed E-state index contributed by atoms with van der Waals surface area (Å²) in [6, 6.07) is 7.76. The van der Waals surface area contributed by atoms with Crippen LogP contribution in [0.5, 0.6) is 5.75 Å². The van der Waals surface area contributed by atoms with Crippen molar-refractivity contribution in [1.29, 1.82) is 0 Å². The van der Waals surface area contributed by atoms with Gasteiger partial charge in [0, 0.05) is 6.61 Å². The Balaban J connectivity index is 0.00000210. The maximum Gasteiger partial charge on any atom is 1.00 e. The molecular formula is C23H35NaO4. The first-order chi connectivity index (χ1) is 13.1. The number of carboxylic acids is 1. The predicted molar refractivity (Wildman–Crippen MR) is 107 cm³/mol. The van der Waals surface area contributed by atoms with Crippen LogP contribution in [0.4, 0.5) is 0 Å². The standard InChI is InChI=1S/C23H34O4.Na.H/c1-2-26-21(15-22(24)25)19-8-10-20(11-9-19)27-17-18-7-6-14-23(16-18)12-4-3-5-13-23;;/h8-11,18,21H,2-7,12-17H2,1H3,(H,24,25);;/q;+1;-1. The van der Waals surface area contributed by atoms with Gasteiger partial charge in [0.15, 0.2) is 0 Å². The van der Waals surface area contributed by atoms with E-state index in [1.54, 1.807) is 0 Å². The molecule has 152 valence electrons. The number of aliphatic carboxylic acids is 1. The summed E-state index contributed by atoms with van der Waals surface area (Å²) in [6.07, 6.45) is 12.0. The quantitative estimate of drug-likeness (QED) is 0.684. The van der Waals surface area contributed by atoms with Crippen molar-refractivity contribution in [3.63, 3.8) is 0 Å². The van der Waals surface area contributed by atoms with Gasteiger partial charge < -0.3 is 16.0 Å². The minimum Gasteiger partial charge on any atom is -1.00 e. The fraction of sp³-hybridized carbons (Fsp3) is 0.696. The van der Waals surface area contributed by atoms with E-state index in [4.69, 9.17) is 14.6 Å². The summed E-state index contributed by atoms with van der Waals surface area (Å²) in [6.45, 7) is 3.18. The van der Waals surface area contributed by atoms with Crippen LogP contribution in [0.25, 0.3) is 0 Å². The molecule has 1 N–H and O–H groups in total. The van der Waals surface area contributed by atoms with Crippen LogP contribution in [0.15, 0.2) is 24.3 Å². The molecule has 3 rings (SSSR count). The summed E-state index contributed by atoms with van der Waals surface area (Å²) in [4.78, 5) is 11.0. The molecule has 2 fully saturated rings. The molecule has 0 aliphatic heterocycles. The van der Waals surface area contributed by atoms with E-state index in [1.807, 2.05) is 31.2 Å². The van der Waals surface area contributed by atoms with Gasteiger partial charge >= 0.3 is 35.5 Å². The van der Waals surface area contributed by atoms with Gasteiger partial charge in [-0.15, -0.1) is 0 Å². The monoisotopic (exact) mass is 398 g/mol. The van der Waals surface area contributed by atoms with Crippen molar-refractivity contribution in [2.24, 2.45) is 11.3 Å². The second-order valence-corrected chi connectivity index (χ2v) is 8.44. The first-order valence-corrected chi connectivity index (χ1v) is 10.7. The summed E-state index contributed by atoms with van der Waals surface area (Å²) >= 11 is 0. The molecule has 2 saturated carbocycles. The summed E-state index contributed by atoms with van der Waals surface area (Å²) in [5, 5.41) is 9.06. The molecule has 0 radical (unpaired) electrons. The van der Waals surface area contributed by atoms with Gasteiger partial charge in [-0.3, -0.25) is 4.79 Å². The summed E-state index contributed by atoms with van der Waals surface area (Å²) in [5.74, 6) is 0.690. The van der Waals surface area contributed by atoms with Crippen LogP contribution in [-0.4, -0.2) is 24.3 Å². The Morgan fingerprint density at radius 2 is 1.86 bits per heavy atom. The molecule has 1 aromatic carbocycles. The maximum atomic E-state index is 11.0. The van der Waals surface area contributed by atoms with E-state index in [9.17, 15) is 4.79 Å². The zero-order valence-corrected chi connectivity index (χ0v) is 19.6. The molecule has 28 heavy (non-hydrogen) atoms. The molecule has 2 aliphatic carbocycles. The third-order valence-electron chi connectivity index (χ3n) is 6.42. The van der Waals surface area contributed by atoms with Gasteiger partial charge in [-0.05, 0) is 68.1 Å². The Morgan fingerprint density at radius 3 is 2.50 bits per heavy atom. The van der Waals surface area contributed by atoms with Crippen molar-refractivity contribution in [3.05, 3.63) is 29.8 Å². The van der Waals surface area contributed by atoms with Crippen LogP contribution in [0.3, 0.4) is 0 Å². The number of benzene rings is 1. The van der Waals surface area contributed by atoms with E-state index in [0.29, 0.717) is 17.9 Å². The molecule has 0 bridgehead atoms. The third-order valence-corrected chi connectivity index (χ3v) is 6.42. The largest absolute Gasteiger partial charge is 1.00 e. The molecule has 0 heterocycles. The molecular weight excluding hydrogens is 363 g/mol. The molecule has 2 aliphatic rings. The minimum atomic E-state index is -0.845. The van der Waals surface area contributed by atoms with Gasteiger partial charge in [0.2, 0.25) is 0 Å². The van der Waals surface area contributed by atoms with Gasteiger partial charge in [0.25, 0.3) is 0 Å². The molecule has 0 amide bonds. The summed E-state index contributed by atoms with van der Waals surface area (Å²) < 4.78 is 11.7. The molecule has 5 heteroatoms. The Morgan fingerprint density at radius 1 is 1.18 bits per heavy atom. The fourth-order valence-electron chi connectivity index (χ4n) is 5.11. The van der Waals surface area contributed by atoms with Crippen molar-refractivity contribution in [1.82, 2.24) is 0 Å². The average molecular weight is 399 g/mol. The first kappa shape index (κ1) is 23.7.